The van der Waals surface area contributed by atoms with E-state index in [4.69, 9.17) is 4.74 Å². The summed E-state index contributed by atoms with van der Waals surface area (Å²) in [5.74, 6) is 0.589. The topological polar surface area (TPSA) is 64.1 Å². The Morgan fingerprint density at radius 1 is 1.05 bits per heavy atom. The summed E-state index contributed by atoms with van der Waals surface area (Å²) in [7, 11) is 1.53. The summed E-state index contributed by atoms with van der Waals surface area (Å²) in [5.41, 5.74) is 1.26. The minimum Gasteiger partial charge on any atom is -0.497 e. The van der Waals surface area contributed by atoms with Gasteiger partial charge in [0.25, 0.3) is 5.56 Å². The van der Waals surface area contributed by atoms with Crippen LogP contribution in [0.15, 0.2) is 52.1 Å². The molecule has 0 spiro atoms. The minimum absolute atomic E-state index is 0.347. The fraction of sp³-hybridized carbons (Fsp3) is 0.125. The predicted molar refractivity (Wildman–Crippen MR) is 81.5 cm³/mol. The molecule has 0 saturated heterocycles. The third kappa shape index (κ3) is 2.23. The average molecular weight is 282 g/mol. The SMILES string of the molecule is COc1ccc2c(=O)n(-c3ccc(C)cc3)c(=O)[nH]c2c1. The number of hydrogen-bond donors (Lipinski definition) is 1. The lowest BCUT2D eigenvalue weighted by atomic mass is 10.2. The van der Waals surface area contributed by atoms with E-state index in [1.165, 1.54) is 7.11 Å². The van der Waals surface area contributed by atoms with Crippen molar-refractivity contribution in [2.75, 3.05) is 7.11 Å². The molecule has 0 bridgehead atoms. The Kier molecular flexibility index (Phi) is 3.10. The molecule has 0 aliphatic carbocycles. The van der Waals surface area contributed by atoms with Crippen LogP contribution in [0.4, 0.5) is 0 Å². The van der Waals surface area contributed by atoms with Crippen molar-refractivity contribution in [1.29, 1.82) is 0 Å². The lowest BCUT2D eigenvalue weighted by Crippen LogP contribution is -2.33. The Labute approximate surface area is 120 Å². The van der Waals surface area contributed by atoms with E-state index in [1.54, 1.807) is 30.3 Å². The van der Waals surface area contributed by atoms with Gasteiger partial charge in [0.1, 0.15) is 5.75 Å². The molecule has 0 saturated carbocycles. The summed E-state index contributed by atoms with van der Waals surface area (Å²) in [6, 6.07) is 12.2. The van der Waals surface area contributed by atoms with Crippen LogP contribution in [-0.4, -0.2) is 16.7 Å². The highest BCUT2D eigenvalue weighted by Gasteiger charge is 2.10. The zero-order chi connectivity index (χ0) is 15.0. The Balaban J connectivity index is 2.32. The number of ether oxygens (including phenoxy) is 1. The van der Waals surface area contributed by atoms with E-state index in [0.717, 1.165) is 10.1 Å². The fourth-order valence-electron chi connectivity index (χ4n) is 2.25. The Hall–Kier alpha value is -2.82. The number of aromatic nitrogens is 2. The quantitative estimate of drug-likeness (QED) is 0.782. The van der Waals surface area contributed by atoms with Crippen molar-refractivity contribution in [3.8, 4) is 11.4 Å². The number of rotatable bonds is 2. The zero-order valence-corrected chi connectivity index (χ0v) is 11.7. The molecule has 0 fully saturated rings. The van der Waals surface area contributed by atoms with Crippen molar-refractivity contribution in [3.05, 3.63) is 68.9 Å². The number of hydrogen-bond acceptors (Lipinski definition) is 3. The van der Waals surface area contributed by atoms with E-state index in [-0.39, 0.29) is 5.56 Å². The number of nitrogens with one attached hydrogen (secondary N) is 1. The number of benzene rings is 2. The third-order valence-electron chi connectivity index (χ3n) is 3.40. The first-order valence-electron chi connectivity index (χ1n) is 6.50. The van der Waals surface area contributed by atoms with Gasteiger partial charge in [-0.2, -0.15) is 0 Å². The maximum absolute atomic E-state index is 12.5. The molecule has 0 aliphatic heterocycles. The van der Waals surface area contributed by atoms with Crippen molar-refractivity contribution >= 4 is 10.9 Å². The van der Waals surface area contributed by atoms with Gasteiger partial charge in [-0.25, -0.2) is 9.36 Å². The second-order valence-corrected chi connectivity index (χ2v) is 4.82. The number of aromatic amines is 1. The summed E-state index contributed by atoms with van der Waals surface area (Å²) in [6.07, 6.45) is 0. The van der Waals surface area contributed by atoms with E-state index in [0.29, 0.717) is 22.3 Å². The molecular weight excluding hydrogens is 268 g/mol. The standard InChI is InChI=1S/C16H14N2O3/c1-10-3-5-11(6-4-10)18-15(19)13-8-7-12(21-2)9-14(13)17-16(18)20/h3-9H,1-2H3,(H,17,20). The molecule has 3 rings (SSSR count). The lowest BCUT2D eigenvalue weighted by Gasteiger charge is -2.07. The van der Waals surface area contributed by atoms with Gasteiger partial charge in [0.15, 0.2) is 0 Å². The van der Waals surface area contributed by atoms with Crippen molar-refractivity contribution in [3.63, 3.8) is 0 Å². The van der Waals surface area contributed by atoms with Gasteiger partial charge in [-0.05, 0) is 31.2 Å². The molecule has 3 aromatic rings. The first-order valence-corrected chi connectivity index (χ1v) is 6.50. The molecule has 0 aliphatic rings. The second-order valence-electron chi connectivity index (χ2n) is 4.82. The predicted octanol–water partition coefficient (Wildman–Crippen LogP) is 2.00. The number of H-pyrrole nitrogens is 1. The van der Waals surface area contributed by atoms with Crippen LogP contribution >= 0.6 is 0 Å². The first kappa shape index (κ1) is 13.2. The van der Waals surface area contributed by atoms with Crippen LogP contribution in [0, 0.1) is 6.92 Å². The van der Waals surface area contributed by atoms with E-state index < -0.39 is 5.69 Å². The van der Waals surface area contributed by atoms with E-state index in [1.807, 2.05) is 19.1 Å². The van der Waals surface area contributed by atoms with Crippen LogP contribution in [0.2, 0.25) is 0 Å². The van der Waals surface area contributed by atoms with Gasteiger partial charge < -0.3 is 9.72 Å². The van der Waals surface area contributed by atoms with Crippen LogP contribution in [0.5, 0.6) is 5.75 Å². The van der Waals surface area contributed by atoms with E-state index in [2.05, 4.69) is 4.98 Å². The van der Waals surface area contributed by atoms with Gasteiger partial charge in [0.05, 0.1) is 23.7 Å². The molecule has 1 aromatic heterocycles. The highest BCUT2D eigenvalue weighted by atomic mass is 16.5. The fourth-order valence-corrected chi connectivity index (χ4v) is 2.25. The number of fused-ring (bicyclic) bond motifs is 1. The summed E-state index contributed by atoms with van der Waals surface area (Å²) in [6.45, 7) is 1.95. The van der Waals surface area contributed by atoms with Gasteiger partial charge in [0, 0.05) is 6.07 Å². The maximum atomic E-state index is 12.5. The third-order valence-corrected chi connectivity index (χ3v) is 3.40. The Bertz CT molecular complexity index is 921. The summed E-state index contributed by atoms with van der Waals surface area (Å²) in [5, 5.41) is 0.441. The molecule has 0 amide bonds. The smallest absolute Gasteiger partial charge is 0.333 e. The second kappa shape index (κ2) is 4.94. The van der Waals surface area contributed by atoms with Crippen LogP contribution in [0.1, 0.15) is 5.56 Å². The maximum Gasteiger partial charge on any atom is 0.333 e. The van der Waals surface area contributed by atoms with Gasteiger partial charge >= 0.3 is 5.69 Å². The molecule has 5 nitrogen and oxygen atoms in total. The number of nitrogens with zero attached hydrogens (tertiary/aromatic N) is 1. The molecule has 2 aromatic carbocycles. The molecular formula is C16H14N2O3. The number of aryl methyl sites for hydroxylation is 1. The van der Waals surface area contributed by atoms with E-state index >= 15 is 0 Å². The summed E-state index contributed by atoms with van der Waals surface area (Å²) >= 11 is 0. The van der Waals surface area contributed by atoms with Gasteiger partial charge in [-0.15, -0.1) is 0 Å². The number of methoxy groups -OCH3 is 1. The first-order chi connectivity index (χ1) is 10.1. The van der Waals surface area contributed by atoms with Crippen LogP contribution in [-0.2, 0) is 0 Å². The van der Waals surface area contributed by atoms with E-state index in [9.17, 15) is 9.59 Å². The van der Waals surface area contributed by atoms with Crippen molar-refractivity contribution < 1.29 is 4.74 Å². The van der Waals surface area contributed by atoms with Gasteiger partial charge in [0.2, 0.25) is 0 Å². The molecule has 0 atom stereocenters. The minimum atomic E-state index is -0.468. The van der Waals surface area contributed by atoms with Crippen LogP contribution in [0.3, 0.4) is 0 Å². The molecule has 21 heavy (non-hydrogen) atoms. The average Bonchev–Trinajstić information content (AvgIpc) is 2.48. The molecule has 0 unspecified atom stereocenters. The normalized spacial score (nSPS) is 10.8. The van der Waals surface area contributed by atoms with Crippen LogP contribution < -0.4 is 16.0 Å². The molecule has 106 valence electrons. The zero-order valence-electron chi connectivity index (χ0n) is 11.7. The monoisotopic (exact) mass is 282 g/mol. The lowest BCUT2D eigenvalue weighted by molar-refractivity contribution is 0.415. The largest absolute Gasteiger partial charge is 0.497 e. The van der Waals surface area contributed by atoms with Gasteiger partial charge in [-0.1, -0.05) is 17.7 Å². The van der Waals surface area contributed by atoms with Crippen molar-refractivity contribution in [2.45, 2.75) is 6.92 Å². The Morgan fingerprint density at radius 2 is 1.76 bits per heavy atom. The summed E-state index contributed by atoms with van der Waals surface area (Å²) in [4.78, 5) is 27.5. The highest BCUT2D eigenvalue weighted by molar-refractivity contribution is 5.79. The summed E-state index contributed by atoms with van der Waals surface area (Å²) < 4.78 is 6.23. The Morgan fingerprint density at radius 3 is 2.43 bits per heavy atom. The highest BCUT2D eigenvalue weighted by Crippen LogP contribution is 2.16. The molecule has 0 radical (unpaired) electrons. The van der Waals surface area contributed by atoms with Crippen LogP contribution in [0.25, 0.3) is 16.6 Å². The van der Waals surface area contributed by atoms with Crippen molar-refractivity contribution in [1.82, 2.24) is 9.55 Å². The molecule has 1 heterocycles. The van der Waals surface area contributed by atoms with Gasteiger partial charge in [-0.3, -0.25) is 4.79 Å². The van der Waals surface area contributed by atoms with Crippen molar-refractivity contribution in [2.24, 2.45) is 0 Å². The molecule has 5 heteroatoms. The molecule has 1 N–H and O–H groups in total.